The van der Waals surface area contributed by atoms with Gasteiger partial charge in [0.25, 0.3) is 11.8 Å². The molecule has 3 aromatic rings. The van der Waals surface area contributed by atoms with Crippen LogP contribution in [0.15, 0.2) is 40.9 Å². The molecule has 0 saturated heterocycles. The normalized spacial score (nSPS) is 10.2. The molecule has 8 nitrogen and oxygen atoms in total. The van der Waals surface area contributed by atoms with Crippen molar-refractivity contribution in [1.29, 1.82) is 5.26 Å². The summed E-state index contributed by atoms with van der Waals surface area (Å²) in [5.41, 5.74) is 1.51. The van der Waals surface area contributed by atoms with Gasteiger partial charge in [0, 0.05) is 18.8 Å². The molecule has 0 aliphatic carbocycles. The van der Waals surface area contributed by atoms with Crippen molar-refractivity contribution < 1.29 is 9.21 Å². The van der Waals surface area contributed by atoms with Gasteiger partial charge in [-0.3, -0.25) is 14.8 Å². The van der Waals surface area contributed by atoms with Gasteiger partial charge in [0.1, 0.15) is 5.69 Å². The Hall–Kier alpha value is -3.47. The summed E-state index contributed by atoms with van der Waals surface area (Å²) < 4.78 is 6.96. The summed E-state index contributed by atoms with van der Waals surface area (Å²) in [6.07, 6.45) is 1.61. The van der Waals surface area contributed by atoms with E-state index in [1.807, 2.05) is 6.07 Å². The third kappa shape index (κ3) is 2.55. The van der Waals surface area contributed by atoms with Gasteiger partial charge in [-0.2, -0.15) is 10.4 Å². The maximum absolute atomic E-state index is 12.0. The van der Waals surface area contributed by atoms with E-state index in [0.717, 1.165) is 0 Å². The van der Waals surface area contributed by atoms with Crippen molar-refractivity contribution in [3.63, 3.8) is 0 Å². The first-order valence-corrected chi connectivity index (χ1v) is 6.31. The maximum Gasteiger partial charge on any atom is 0.322 e. The van der Waals surface area contributed by atoms with Gasteiger partial charge in [-0.1, -0.05) is 5.10 Å². The van der Waals surface area contributed by atoms with Crippen molar-refractivity contribution in [1.82, 2.24) is 20.0 Å². The fourth-order valence-corrected chi connectivity index (χ4v) is 1.83. The van der Waals surface area contributed by atoms with E-state index in [0.29, 0.717) is 16.8 Å². The van der Waals surface area contributed by atoms with Gasteiger partial charge in [-0.15, -0.1) is 5.10 Å². The number of anilines is 1. The van der Waals surface area contributed by atoms with E-state index in [1.165, 1.54) is 0 Å². The van der Waals surface area contributed by atoms with Crippen LogP contribution in [0.5, 0.6) is 0 Å². The molecule has 1 amide bonds. The average molecular weight is 294 g/mol. The second kappa shape index (κ2) is 5.49. The summed E-state index contributed by atoms with van der Waals surface area (Å²) in [6.45, 7) is 0. The van der Waals surface area contributed by atoms with Gasteiger partial charge in [-0.05, 0) is 30.3 Å². The second-order valence-corrected chi connectivity index (χ2v) is 4.40. The van der Waals surface area contributed by atoms with E-state index in [2.05, 4.69) is 20.6 Å². The fraction of sp³-hybridized carbons (Fsp3) is 0.0714. The minimum absolute atomic E-state index is 0.00874. The minimum atomic E-state index is -0.398. The van der Waals surface area contributed by atoms with Crippen LogP contribution in [-0.4, -0.2) is 25.9 Å². The third-order valence-electron chi connectivity index (χ3n) is 2.96. The highest BCUT2D eigenvalue weighted by Gasteiger charge is 2.14. The summed E-state index contributed by atoms with van der Waals surface area (Å²) in [5, 5.41) is 22.9. The van der Waals surface area contributed by atoms with Crippen LogP contribution in [0.2, 0.25) is 0 Å². The molecule has 8 heteroatoms. The Kier molecular flexibility index (Phi) is 3.37. The van der Waals surface area contributed by atoms with E-state index in [-0.39, 0.29) is 11.9 Å². The van der Waals surface area contributed by atoms with Crippen LogP contribution in [0, 0.1) is 11.3 Å². The molecule has 2 heterocycles. The Morgan fingerprint density at radius 3 is 2.68 bits per heavy atom. The largest absolute Gasteiger partial charge is 0.401 e. The molecule has 0 unspecified atom stereocenters. The predicted molar refractivity (Wildman–Crippen MR) is 75.6 cm³/mol. The van der Waals surface area contributed by atoms with E-state index in [9.17, 15) is 4.79 Å². The first-order valence-electron chi connectivity index (χ1n) is 6.31. The fourth-order valence-electron chi connectivity index (χ4n) is 1.83. The van der Waals surface area contributed by atoms with Gasteiger partial charge in [0.15, 0.2) is 0 Å². The molecule has 0 aliphatic heterocycles. The van der Waals surface area contributed by atoms with E-state index >= 15 is 0 Å². The molecule has 0 aliphatic rings. The number of rotatable bonds is 3. The van der Waals surface area contributed by atoms with Gasteiger partial charge in [0.2, 0.25) is 0 Å². The molecule has 0 bridgehead atoms. The number of carbonyl (C=O) groups excluding carboxylic acids is 1. The van der Waals surface area contributed by atoms with Gasteiger partial charge >= 0.3 is 6.01 Å². The maximum atomic E-state index is 12.0. The van der Waals surface area contributed by atoms with Gasteiger partial charge in [-0.25, -0.2) is 0 Å². The van der Waals surface area contributed by atoms with Crippen molar-refractivity contribution in [3.05, 3.63) is 47.7 Å². The molecule has 0 fully saturated rings. The van der Waals surface area contributed by atoms with Crippen LogP contribution in [0.1, 0.15) is 15.9 Å². The first-order chi connectivity index (χ1) is 10.7. The number of hydrogen-bond donors (Lipinski definition) is 1. The molecule has 108 valence electrons. The molecule has 2 aromatic heterocycles. The number of benzene rings is 1. The van der Waals surface area contributed by atoms with E-state index in [1.54, 1.807) is 48.3 Å². The van der Waals surface area contributed by atoms with Crippen molar-refractivity contribution >= 4 is 11.9 Å². The Bertz CT molecular complexity index is 856. The standard InChI is InChI=1S/C14H10N6O2/c1-20-11(6-7-16-20)13-18-19-14(22-13)17-12(21)10-4-2-9(8-15)3-5-10/h2-7H,1H3,(H,17,19,21). The van der Waals surface area contributed by atoms with E-state index < -0.39 is 5.91 Å². The van der Waals surface area contributed by atoms with Crippen molar-refractivity contribution in [2.24, 2.45) is 7.05 Å². The zero-order chi connectivity index (χ0) is 15.5. The molecule has 0 atom stereocenters. The zero-order valence-corrected chi connectivity index (χ0v) is 11.5. The molecule has 1 aromatic carbocycles. The Balaban J connectivity index is 1.76. The lowest BCUT2D eigenvalue weighted by Crippen LogP contribution is -2.12. The summed E-state index contributed by atoms with van der Waals surface area (Å²) in [7, 11) is 1.74. The quantitative estimate of drug-likeness (QED) is 0.785. The number of hydrogen-bond acceptors (Lipinski definition) is 6. The lowest BCUT2D eigenvalue weighted by atomic mass is 10.1. The summed E-state index contributed by atoms with van der Waals surface area (Å²) in [5.74, 6) is -0.139. The molecular formula is C14H10N6O2. The molecule has 0 spiro atoms. The number of aromatic nitrogens is 4. The minimum Gasteiger partial charge on any atom is -0.401 e. The van der Waals surface area contributed by atoms with Crippen LogP contribution in [0.3, 0.4) is 0 Å². The summed E-state index contributed by atoms with van der Waals surface area (Å²) >= 11 is 0. The summed E-state index contributed by atoms with van der Waals surface area (Å²) in [6, 6.07) is 9.91. The lowest BCUT2D eigenvalue weighted by molar-refractivity contribution is 0.102. The second-order valence-electron chi connectivity index (χ2n) is 4.40. The number of aryl methyl sites for hydroxylation is 1. The molecule has 22 heavy (non-hydrogen) atoms. The Morgan fingerprint density at radius 1 is 1.27 bits per heavy atom. The van der Waals surface area contributed by atoms with Crippen LogP contribution >= 0.6 is 0 Å². The van der Waals surface area contributed by atoms with Crippen LogP contribution in [-0.2, 0) is 7.05 Å². The highest BCUT2D eigenvalue weighted by Crippen LogP contribution is 2.18. The zero-order valence-electron chi connectivity index (χ0n) is 11.5. The van der Waals surface area contributed by atoms with Crippen molar-refractivity contribution in [2.75, 3.05) is 5.32 Å². The molecular weight excluding hydrogens is 284 g/mol. The smallest absolute Gasteiger partial charge is 0.322 e. The monoisotopic (exact) mass is 294 g/mol. The Morgan fingerprint density at radius 2 is 2.05 bits per heavy atom. The van der Waals surface area contributed by atoms with Crippen molar-refractivity contribution in [2.45, 2.75) is 0 Å². The van der Waals surface area contributed by atoms with Gasteiger partial charge < -0.3 is 4.42 Å². The van der Waals surface area contributed by atoms with Crippen LogP contribution in [0.25, 0.3) is 11.6 Å². The molecule has 0 radical (unpaired) electrons. The number of nitrogens with zero attached hydrogens (tertiary/aromatic N) is 5. The average Bonchev–Trinajstić information content (AvgIpc) is 3.16. The number of amides is 1. The van der Waals surface area contributed by atoms with E-state index in [4.69, 9.17) is 9.68 Å². The highest BCUT2D eigenvalue weighted by atomic mass is 16.4. The predicted octanol–water partition coefficient (Wildman–Crippen LogP) is 1.59. The Labute approximate surface area is 125 Å². The topological polar surface area (TPSA) is 110 Å². The SMILES string of the molecule is Cn1nccc1-c1nnc(NC(=O)c2ccc(C#N)cc2)o1. The first kappa shape index (κ1) is 13.5. The molecule has 0 saturated carbocycles. The van der Waals surface area contributed by atoms with Crippen LogP contribution < -0.4 is 5.32 Å². The lowest BCUT2D eigenvalue weighted by Gasteiger charge is -2.00. The summed E-state index contributed by atoms with van der Waals surface area (Å²) in [4.78, 5) is 12.0. The molecule has 3 rings (SSSR count). The van der Waals surface area contributed by atoms with Crippen molar-refractivity contribution in [3.8, 4) is 17.7 Å². The number of nitriles is 1. The molecule has 1 N–H and O–H groups in total. The van der Waals surface area contributed by atoms with Gasteiger partial charge in [0.05, 0.1) is 11.6 Å². The number of nitrogens with one attached hydrogen (secondary N) is 1. The number of carbonyl (C=O) groups is 1. The highest BCUT2D eigenvalue weighted by molar-refractivity contribution is 6.03. The van der Waals surface area contributed by atoms with Crippen LogP contribution in [0.4, 0.5) is 6.01 Å². The third-order valence-corrected chi connectivity index (χ3v) is 2.96.